The highest BCUT2D eigenvalue weighted by Crippen LogP contribution is 2.24. The Kier molecular flexibility index (Phi) is 8.41. The lowest BCUT2D eigenvalue weighted by Crippen LogP contribution is -2.51. The molecule has 2 heterocycles. The number of anilines is 2. The van der Waals surface area contributed by atoms with Crippen molar-refractivity contribution in [3.63, 3.8) is 0 Å². The molecule has 1 fully saturated rings. The molecule has 1 aromatic heterocycles. The fourth-order valence-electron chi connectivity index (χ4n) is 4.56. The van der Waals surface area contributed by atoms with Crippen LogP contribution in [-0.2, 0) is 17.8 Å². The number of aromatic nitrogens is 2. The van der Waals surface area contributed by atoms with Crippen molar-refractivity contribution in [3.05, 3.63) is 101 Å². The van der Waals surface area contributed by atoms with Crippen LogP contribution < -0.4 is 14.5 Å². The van der Waals surface area contributed by atoms with Gasteiger partial charge in [0.1, 0.15) is 11.6 Å². The van der Waals surface area contributed by atoms with E-state index in [-0.39, 0.29) is 12.5 Å². The monoisotopic (exact) mass is 547 g/mol. The van der Waals surface area contributed by atoms with Crippen LogP contribution in [0.25, 0.3) is 0 Å². The van der Waals surface area contributed by atoms with Gasteiger partial charge < -0.3 is 19.4 Å². The summed E-state index contributed by atoms with van der Waals surface area (Å²) in [4.78, 5) is 24.5. The number of carbonyl (C=O) groups excluding carboxylic acids is 1. The number of hydrogen-bond acceptors (Lipinski definition) is 7. The normalized spacial score (nSPS) is 13.4. The van der Waals surface area contributed by atoms with Gasteiger partial charge in [0, 0.05) is 61.4 Å². The van der Waals surface area contributed by atoms with Crippen molar-refractivity contribution in [2.24, 2.45) is 0 Å². The second kappa shape index (κ2) is 12.3. The molecule has 0 unspecified atom stereocenters. The van der Waals surface area contributed by atoms with Crippen molar-refractivity contribution in [3.8, 4) is 5.75 Å². The lowest BCUT2D eigenvalue weighted by Gasteiger charge is -2.37. The molecule has 7 nitrogen and oxygen atoms in total. The average molecular weight is 548 g/mol. The first-order valence-electron chi connectivity index (χ1n) is 12.6. The van der Waals surface area contributed by atoms with E-state index >= 15 is 0 Å². The number of rotatable bonds is 9. The van der Waals surface area contributed by atoms with E-state index in [0.717, 1.165) is 51.6 Å². The Hall–Kier alpha value is -3.62. The Morgan fingerprint density at radius 1 is 0.974 bits per heavy atom. The van der Waals surface area contributed by atoms with Gasteiger partial charge in [0.2, 0.25) is 11.0 Å². The van der Waals surface area contributed by atoms with Gasteiger partial charge in [-0.05, 0) is 41.5 Å². The number of carbonyl (C=O) groups is 1. The summed E-state index contributed by atoms with van der Waals surface area (Å²) in [7, 11) is 1.66. The Labute approximate surface area is 232 Å². The van der Waals surface area contributed by atoms with E-state index in [4.69, 9.17) is 21.3 Å². The lowest BCUT2D eigenvalue weighted by atomic mass is 10.1. The van der Waals surface area contributed by atoms with E-state index < -0.39 is 0 Å². The van der Waals surface area contributed by atoms with Gasteiger partial charge in [0.05, 0.1) is 13.7 Å². The second-order valence-electron chi connectivity index (χ2n) is 9.21. The van der Waals surface area contributed by atoms with Crippen LogP contribution in [0.15, 0.2) is 78.9 Å². The summed E-state index contributed by atoms with van der Waals surface area (Å²) in [5, 5.41) is 1.47. The Balaban J connectivity index is 1.27. The van der Waals surface area contributed by atoms with Gasteiger partial charge in [0.25, 0.3) is 0 Å². The molecule has 0 bridgehead atoms. The molecule has 0 N–H and O–H groups in total. The molecule has 3 aromatic carbocycles. The molecule has 4 aromatic rings. The van der Waals surface area contributed by atoms with Crippen LogP contribution in [0, 0.1) is 0 Å². The Bertz CT molecular complexity index is 1360. The van der Waals surface area contributed by atoms with E-state index in [2.05, 4.69) is 27.5 Å². The standard InChI is InChI=1S/C29H30ClN5O2S/c1-37-26-12-5-9-23(17-26)18-27-31-29(38-32-27)35(20-22-7-3-2-4-8-22)21-28(36)34-15-13-33(14-16-34)25-11-6-10-24(30)19-25/h2-12,17,19H,13-16,18,20-21H2,1H3. The summed E-state index contributed by atoms with van der Waals surface area (Å²) in [6, 6.07) is 25.9. The van der Waals surface area contributed by atoms with Crippen LogP contribution in [0.1, 0.15) is 17.0 Å². The molecule has 196 valence electrons. The molecule has 5 rings (SSSR count). The first kappa shape index (κ1) is 26.0. The predicted molar refractivity (Wildman–Crippen MR) is 153 cm³/mol. The summed E-state index contributed by atoms with van der Waals surface area (Å²) in [6.45, 7) is 3.72. The van der Waals surface area contributed by atoms with Crippen molar-refractivity contribution in [1.29, 1.82) is 0 Å². The summed E-state index contributed by atoms with van der Waals surface area (Å²) >= 11 is 7.51. The molecule has 9 heteroatoms. The topological polar surface area (TPSA) is 61.8 Å². The zero-order valence-electron chi connectivity index (χ0n) is 21.3. The smallest absolute Gasteiger partial charge is 0.242 e. The van der Waals surface area contributed by atoms with Crippen LogP contribution in [0.3, 0.4) is 0 Å². The molecule has 1 aliphatic rings. The van der Waals surface area contributed by atoms with E-state index in [1.807, 2.05) is 70.5 Å². The zero-order chi connectivity index (χ0) is 26.3. The number of amides is 1. The highest BCUT2D eigenvalue weighted by molar-refractivity contribution is 7.09. The van der Waals surface area contributed by atoms with Crippen LogP contribution in [0.5, 0.6) is 5.75 Å². The first-order valence-corrected chi connectivity index (χ1v) is 13.8. The number of methoxy groups -OCH3 is 1. The molecular formula is C29H30ClN5O2S. The number of nitrogens with zero attached hydrogens (tertiary/aromatic N) is 5. The second-order valence-corrected chi connectivity index (χ2v) is 10.4. The molecule has 0 radical (unpaired) electrons. The maximum Gasteiger partial charge on any atom is 0.242 e. The molecule has 1 aliphatic heterocycles. The van der Waals surface area contributed by atoms with Crippen LogP contribution >= 0.6 is 23.1 Å². The molecule has 0 saturated carbocycles. The first-order chi connectivity index (χ1) is 18.6. The predicted octanol–water partition coefficient (Wildman–Crippen LogP) is 5.15. The Morgan fingerprint density at radius 3 is 2.50 bits per heavy atom. The summed E-state index contributed by atoms with van der Waals surface area (Å²) in [5.41, 5.74) is 3.29. The fraction of sp³-hybridized carbons (Fsp3) is 0.276. The maximum atomic E-state index is 13.4. The SMILES string of the molecule is COc1cccc(Cc2nsc(N(CC(=O)N3CCN(c4cccc(Cl)c4)CC3)Cc3ccccc3)n2)c1. The number of halogens is 1. The Morgan fingerprint density at radius 2 is 1.74 bits per heavy atom. The lowest BCUT2D eigenvalue weighted by molar-refractivity contribution is -0.130. The minimum atomic E-state index is 0.0937. The van der Waals surface area contributed by atoms with Crippen molar-refractivity contribution < 1.29 is 9.53 Å². The molecule has 38 heavy (non-hydrogen) atoms. The third-order valence-electron chi connectivity index (χ3n) is 6.57. The van der Waals surface area contributed by atoms with Crippen molar-refractivity contribution >= 4 is 39.9 Å². The molecule has 1 amide bonds. The summed E-state index contributed by atoms with van der Waals surface area (Å²) in [5.74, 6) is 1.64. The van der Waals surface area contributed by atoms with Gasteiger partial charge in [-0.25, -0.2) is 4.98 Å². The van der Waals surface area contributed by atoms with Gasteiger partial charge in [-0.2, -0.15) is 4.37 Å². The molecule has 0 spiro atoms. The highest BCUT2D eigenvalue weighted by Gasteiger charge is 2.25. The number of ether oxygens (including phenoxy) is 1. The number of hydrogen-bond donors (Lipinski definition) is 0. The molecule has 0 atom stereocenters. The van der Waals surface area contributed by atoms with Gasteiger partial charge in [-0.3, -0.25) is 4.79 Å². The molecule has 0 aliphatic carbocycles. The minimum absolute atomic E-state index is 0.0937. The number of benzene rings is 3. The van der Waals surface area contributed by atoms with Gasteiger partial charge in [0.15, 0.2) is 0 Å². The summed E-state index contributed by atoms with van der Waals surface area (Å²) < 4.78 is 9.95. The molecular weight excluding hydrogens is 518 g/mol. The van der Waals surface area contributed by atoms with E-state index in [0.29, 0.717) is 26.1 Å². The van der Waals surface area contributed by atoms with Crippen molar-refractivity contribution in [2.75, 3.05) is 49.6 Å². The highest BCUT2D eigenvalue weighted by atomic mass is 35.5. The largest absolute Gasteiger partial charge is 0.497 e. The van der Waals surface area contributed by atoms with Crippen molar-refractivity contribution in [1.82, 2.24) is 14.3 Å². The van der Waals surface area contributed by atoms with Gasteiger partial charge in [-0.1, -0.05) is 60.1 Å². The van der Waals surface area contributed by atoms with Crippen molar-refractivity contribution in [2.45, 2.75) is 13.0 Å². The van der Waals surface area contributed by atoms with Crippen LogP contribution in [-0.4, -0.2) is 60.0 Å². The average Bonchev–Trinajstić information content (AvgIpc) is 3.42. The number of piperazine rings is 1. The van der Waals surface area contributed by atoms with Crippen LogP contribution in [0.4, 0.5) is 10.8 Å². The van der Waals surface area contributed by atoms with Gasteiger partial charge >= 0.3 is 0 Å². The quantitative estimate of drug-likeness (QED) is 0.289. The maximum absolute atomic E-state index is 13.4. The zero-order valence-corrected chi connectivity index (χ0v) is 22.9. The molecule has 1 saturated heterocycles. The van der Waals surface area contributed by atoms with Gasteiger partial charge in [-0.15, -0.1) is 0 Å². The third kappa shape index (κ3) is 6.62. The minimum Gasteiger partial charge on any atom is -0.497 e. The third-order valence-corrected chi connectivity index (χ3v) is 7.62. The van der Waals surface area contributed by atoms with E-state index in [1.165, 1.54) is 11.5 Å². The van der Waals surface area contributed by atoms with Crippen LogP contribution in [0.2, 0.25) is 5.02 Å². The fourth-order valence-corrected chi connectivity index (χ4v) is 5.42. The van der Waals surface area contributed by atoms with E-state index in [1.54, 1.807) is 7.11 Å². The van der Waals surface area contributed by atoms with E-state index in [9.17, 15) is 4.79 Å². The summed E-state index contributed by atoms with van der Waals surface area (Å²) in [6.07, 6.45) is 0.603.